The Hall–Kier alpha value is -0.690. The molecule has 4 heteroatoms. The van der Waals surface area contributed by atoms with Gasteiger partial charge in [-0.1, -0.05) is 26.2 Å². The molecule has 0 saturated carbocycles. The van der Waals surface area contributed by atoms with Crippen molar-refractivity contribution < 1.29 is 4.79 Å². The number of rotatable bonds is 5. The van der Waals surface area contributed by atoms with E-state index in [0.29, 0.717) is 5.82 Å². The zero-order valence-electron chi connectivity index (χ0n) is 9.62. The molecular formula is C11H21N2OP. The fourth-order valence-electron chi connectivity index (χ4n) is 1.03. The summed E-state index contributed by atoms with van der Waals surface area (Å²) in [7, 11) is 2.75. The summed E-state index contributed by atoms with van der Waals surface area (Å²) in [5.41, 5.74) is 0. The van der Waals surface area contributed by atoms with Crippen molar-refractivity contribution in [1.29, 1.82) is 0 Å². The van der Waals surface area contributed by atoms with E-state index in [4.69, 9.17) is 0 Å². The van der Waals surface area contributed by atoms with Gasteiger partial charge in [-0.2, -0.15) is 0 Å². The molecule has 1 unspecified atom stereocenters. The average molecular weight is 228 g/mol. The molecule has 1 N–H and O–H groups in total. The van der Waals surface area contributed by atoms with Crippen molar-refractivity contribution in [3.63, 3.8) is 0 Å². The maximum Gasteiger partial charge on any atom is 0.194 e. The molecule has 1 aromatic rings. The fourth-order valence-corrected chi connectivity index (χ4v) is 1.32. The number of hydrogen-bond donors (Lipinski definition) is 1. The summed E-state index contributed by atoms with van der Waals surface area (Å²) >= 11 is 0. The minimum atomic E-state index is -0.0324. The van der Waals surface area contributed by atoms with Crippen LogP contribution < -0.4 is 0 Å². The van der Waals surface area contributed by atoms with Crippen LogP contribution in [0.15, 0.2) is 12.4 Å². The summed E-state index contributed by atoms with van der Waals surface area (Å²) in [5.74, 6) is 0.389. The van der Waals surface area contributed by atoms with E-state index in [1.54, 1.807) is 12.4 Å². The minimum Gasteiger partial charge on any atom is -0.342 e. The summed E-state index contributed by atoms with van der Waals surface area (Å²) < 4.78 is 0. The van der Waals surface area contributed by atoms with Crippen molar-refractivity contribution >= 4 is 15.0 Å². The lowest BCUT2D eigenvalue weighted by Crippen LogP contribution is -1.92. The number of aromatic amines is 1. The average Bonchev–Trinajstić information content (AvgIpc) is 2.72. The van der Waals surface area contributed by atoms with Crippen LogP contribution in [-0.2, 0) is 0 Å². The first-order valence-electron chi connectivity index (χ1n) is 5.42. The van der Waals surface area contributed by atoms with Gasteiger partial charge in [-0.25, -0.2) is 4.98 Å². The van der Waals surface area contributed by atoms with Gasteiger partial charge in [-0.05, 0) is 12.6 Å². The van der Waals surface area contributed by atoms with Gasteiger partial charge in [-0.3, -0.25) is 4.79 Å². The Morgan fingerprint density at radius 1 is 1.47 bits per heavy atom. The Balaban J connectivity index is 0.000000265. The molecule has 86 valence electrons. The highest BCUT2D eigenvalue weighted by atomic mass is 31.0. The van der Waals surface area contributed by atoms with Crippen LogP contribution in [-0.4, -0.2) is 21.9 Å². The number of imidazole rings is 1. The van der Waals surface area contributed by atoms with E-state index in [1.807, 2.05) is 0 Å². The van der Waals surface area contributed by atoms with Crippen LogP contribution in [0, 0.1) is 0 Å². The zero-order chi connectivity index (χ0) is 11.5. The maximum atomic E-state index is 10.4. The van der Waals surface area contributed by atoms with Crippen LogP contribution in [0.4, 0.5) is 0 Å². The van der Waals surface area contributed by atoms with Gasteiger partial charge in [0.05, 0.1) is 0 Å². The number of nitrogens with one attached hydrogen (secondary N) is 1. The molecule has 0 aliphatic heterocycles. The summed E-state index contributed by atoms with van der Waals surface area (Å²) in [6.07, 6.45) is 10.0. The highest BCUT2D eigenvalue weighted by molar-refractivity contribution is 7.16. The summed E-state index contributed by atoms with van der Waals surface area (Å²) in [4.78, 5) is 16.8. The molecule has 0 aromatic carbocycles. The fraction of sp³-hybridized carbons (Fsp3) is 0.636. The van der Waals surface area contributed by atoms with Crippen LogP contribution in [0.5, 0.6) is 0 Å². The molecule has 1 atom stereocenters. The number of nitrogens with zero attached hydrogens (tertiary/aromatic N) is 1. The van der Waals surface area contributed by atoms with E-state index in [2.05, 4.69) is 26.1 Å². The third-order valence-electron chi connectivity index (χ3n) is 1.89. The zero-order valence-corrected chi connectivity index (χ0v) is 10.8. The van der Waals surface area contributed by atoms with Gasteiger partial charge >= 0.3 is 0 Å². The van der Waals surface area contributed by atoms with Crippen LogP contribution in [0.25, 0.3) is 0 Å². The molecular weight excluding hydrogens is 207 g/mol. The molecule has 0 bridgehead atoms. The minimum absolute atomic E-state index is 0.0324. The smallest absolute Gasteiger partial charge is 0.194 e. The van der Waals surface area contributed by atoms with E-state index in [-0.39, 0.29) is 5.78 Å². The van der Waals surface area contributed by atoms with Gasteiger partial charge in [0.25, 0.3) is 0 Å². The first kappa shape index (κ1) is 14.3. The third-order valence-corrected chi connectivity index (χ3v) is 2.30. The Morgan fingerprint density at radius 2 is 2.20 bits per heavy atom. The summed E-state index contributed by atoms with van der Waals surface area (Å²) in [6, 6.07) is 0. The van der Waals surface area contributed by atoms with Crippen LogP contribution in [0.3, 0.4) is 0 Å². The SMILES string of the molecule is CC(=O)c1ncc[nH]1.CCCCCCP. The molecule has 3 nitrogen and oxygen atoms in total. The molecule has 0 radical (unpaired) electrons. The highest BCUT2D eigenvalue weighted by Gasteiger charge is 1.96. The van der Waals surface area contributed by atoms with Crippen molar-refractivity contribution in [3.05, 3.63) is 18.2 Å². The normalized spacial score (nSPS) is 9.27. The predicted molar refractivity (Wildman–Crippen MR) is 67.3 cm³/mol. The topological polar surface area (TPSA) is 45.8 Å². The first-order chi connectivity index (χ1) is 7.22. The Labute approximate surface area is 94.3 Å². The van der Waals surface area contributed by atoms with Crippen LogP contribution in [0.2, 0.25) is 0 Å². The lowest BCUT2D eigenvalue weighted by atomic mass is 10.2. The van der Waals surface area contributed by atoms with Crippen molar-refractivity contribution in [2.24, 2.45) is 0 Å². The molecule has 0 aliphatic rings. The lowest BCUT2D eigenvalue weighted by Gasteiger charge is -1.90. The van der Waals surface area contributed by atoms with Gasteiger partial charge in [0, 0.05) is 19.3 Å². The largest absolute Gasteiger partial charge is 0.342 e. The monoisotopic (exact) mass is 228 g/mol. The standard InChI is InChI=1S/C6H15P.C5H6N2O/c1-2-3-4-5-6-7;1-4(8)5-6-2-3-7-5/h2-7H2,1H3;2-3H,1H3,(H,6,7). The second-order valence-electron chi connectivity index (χ2n) is 3.34. The van der Waals surface area contributed by atoms with Gasteiger partial charge in [0.1, 0.15) is 0 Å². The lowest BCUT2D eigenvalue weighted by molar-refractivity contribution is 0.100. The highest BCUT2D eigenvalue weighted by Crippen LogP contribution is 2.00. The Kier molecular flexibility index (Phi) is 9.40. The number of ketones is 1. The number of unbranched alkanes of at least 4 members (excludes halogenated alkanes) is 3. The number of Topliss-reactive ketones (excluding diaryl/α,β-unsaturated/α-hetero) is 1. The van der Waals surface area contributed by atoms with Crippen molar-refractivity contribution in [2.45, 2.75) is 39.5 Å². The predicted octanol–water partition coefficient (Wildman–Crippen LogP) is 3.05. The van der Waals surface area contributed by atoms with E-state index < -0.39 is 0 Å². The van der Waals surface area contributed by atoms with E-state index in [0.717, 1.165) is 0 Å². The maximum absolute atomic E-state index is 10.4. The van der Waals surface area contributed by atoms with Crippen molar-refractivity contribution in [2.75, 3.05) is 6.16 Å². The Morgan fingerprint density at radius 3 is 2.53 bits per heavy atom. The summed E-state index contributed by atoms with van der Waals surface area (Å²) in [6.45, 7) is 3.71. The third kappa shape index (κ3) is 8.31. The number of aromatic nitrogens is 2. The van der Waals surface area contributed by atoms with Gasteiger partial charge < -0.3 is 4.98 Å². The van der Waals surface area contributed by atoms with Gasteiger partial charge in [-0.15, -0.1) is 9.24 Å². The van der Waals surface area contributed by atoms with Crippen molar-refractivity contribution in [3.8, 4) is 0 Å². The molecule has 0 fully saturated rings. The quantitative estimate of drug-likeness (QED) is 0.478. The van der Waals surface area contributed by atoms with Crippen molar-refractivity contribution in [1.82, 2.24) is 9.97 Å². The van der Waals surface area contributed by atoms with E-state index in [1.165, 1.54) is 38.8 Å². The van der Waals surface area contributed by atoms with Gasteiger partial charge in [0.15, 0.2) is 11.6 Å². The second-order valence-corrected chi connectivity index (χ2v) is 3.92. The van der Waals surface area contributed by atoms with E-state index >= 15 is 0 Å². The molecule has 15 heavy (non-hydrogen) atoms. The second kappa shape index (κ2) is 9.85. The van der Waals surface area contributed by atoms with Crippen LogP contribution >= 0.6 is 9.24 Å². The number of carbonyl (C=O) groups excluding carboxylic acids is 1. The Bertz CT molecular complexity index is 243. The molecule has 0 amide bonds. The number of H-pyrrole nitrogens is 1. The number of hydrogen-bond acceptors (Lipinski definition) is 2. The summed E-state index contributed by atoms with van der Waals surface area (Å²) in [5, 5.41) is 0. The molecule has 0 saturated heterocycles. The van der Waals surface area contributed by atoms with Gasteiger partial charge in [0.2, 0.25) is 0 Å². The molecule has 0 aliphatic carbocycles. The molecule has 1 rings (SSSR count). The molecule has 1 aromatic heterocycles. The molecule has 0 spiro atoms. The number of carbonyl (C=O) groups is 1. The molecule has 1 heterocycles. The van der Waals surface area contributed by atoms with E-state index in [9.17, 15) is 4.79 Å². The first-order valence-corrected chi connectivity index (χ1v) is 6.24. The van der Waals surface area contributed by atoms with Crippen LogP contribution in [0.1, 0.15) is 50.1 Å².